The predicted octanol–water partition coefficient (Wildman–Crippen LogP) is 5.83. The number of hydrogen-bond acceptors (Lipinski definition) is 4. The molecule has 35 heavy (non-hydrogen) atoms. The second-order valence-electron chi connectivity index (χ2n) is 8.48. The van der Waals surface area contributed by atoms with Gasteiger partial charge in [0.2, 0.25) is 0 Å². The Balaban J connectivity index is 1.96. The number of alkyl halides is 3. The number of nitrogens with zero attached hydrogens (tertiary/aromatic N) is 5. The van der Waals surface area contributed by atoms with Crippen molar-refractivity contribution in [2.24, 2.45) is 5.41 Å². The molecule has 0 saturated carbocycles. The molecule has 182 valence electrons. The van der Waals surface area contributed by atoms with Crippen LogP contribution in [0.3, 0.4) is 0 Å². The first-order valence-corrected chi connectivity index (χ1v) is 10.5. The van der Waals surface area contributed by atoms with Crippen molar-refractivity contribution in [1.82, 2.24) is 19.6 Å². The highest BCUT2D eigenvalue weighted by atomic mass is 19.3. The molecule has 4 aromatic rings. The van der Waals surface area contributed by atoms with Crippen LogP contribution >= 0.6 is 0 Å². The summed E-state index contributed by atoms with van der Waals surface area (Å²) in [5.41, 5.74) is -1.04. The van der Waals surface area contributed by atoms with Crippen molar-refractivity contribution >= 4 is 28.2 Å². The number of benzene rings is 2. The Morgan fingerprint density at radius 2 is 1.83 bits per heavy atom. The quantitative estimate of drug-likeness (QED) is 0.260. The Hall–Kier alpha value is -3.81. The van der Waals surface area contributed by atoms with E-state index in [1.165, 1.54) is 29.8 Å². The molecule has 4 rings (SSSR count). The second-order valence-corrected chi connectivity index (χ2v) is 8.48. The number of fused-ring (bicyclic) bond motifs is 3. The second kappa shape index (κ2) is 9.09. The van der Waals surface area contributed by atoms with Gasteiger partial charge in [-0.05, 0) is 51.1 Å². The molecular formula is C24H19F6N5. The fourth-order valence-corrected chi connectivity index (χ4v) is 3.36. The number of rotatable bonds is 5. The van der Waals surface area contributed by atoms with Gasteiger partial charge in [0, 0.05) is 11.3 Å². The zero-order valence-corrected chi connectivity index (χ0v) is 18.8. The van der Waals surface area contributed by atoms with Gasteiger partial charge in [-0.1, -0.05) is 11.8 Å². The summed E-state index contributed by atoms with van der Waals surface area (Å²) in [6.07, 6.45) is -3.03. The van der Waals surface area contributed by atoms with Crippen molar-refractivity contribution in [3.05, 3.63) is 59.7 Å². The lowest BCUT2D eigenvalue weighted by atomic mass is 9.89. The Morgan fingerprint density at radius 3 is 2.51 bits per heavy atom. The van der Waals surface area contributed by atoms with Crippen molar-refractivity contribution < 1.29 is 26.3 Å². The minimum Gasteiger partial charge on any atom is -0.320 e. The fourth-order valence-electron chi connectivity index (χ4n) is 3.36. The van der Waals surface area contributed by atoms with Crippen LogP contribution in [0.4, 0.5) is 37.8 Å². The summed E-state index contributed by atoms with van der Waals surface area (Å²) in [7, 11) is 0. The molecule has 0 fully saturated rings. The largest absolute Gasteiger partial charge is 0.320 e. The van der Waals surface area contributed by atoms with Crippen molar-refractivity contribution in [2.45, 2.75) is 33.4 Å². The zero-order valence-electron chi connectivity index (χ0n) is 18.8. The van der Waals surface area contributed by atoms with E-state index in [1.807, 2.05) is 0 Å². The Morgan fingerprint density at radius 1 is 1.09 bits per heavy atom. The van der Waals surface area contributed by atoms with E-state index in [0.29, 0.717) is 0 Å². The van der Waals surface area contributed by atoms with Gasteiger partial charge in [0.1, 0.15) is 24.1 Å². The maximum Gasteiger partial charge on any atom is 0.257 e. The third-order valence-electron chi connectivity index (χ3n) is 5.59. The minimum absolute atomic E-state index is 0.0622. The van der Waals surface area contributed by atoms with Gasteiger partial charge >= 0.3 is 0 Å². The SMILES string of the molecule is CC(F)C(C)(C)C#Cc1cc(F)cc(N(CC(F)F)c2nc3nncn3c3ccc(F)c(F)c23)c1. The lowest BCUT2D eigenvalue weighted by Gasteiger charge is -2.25. The summed E-state index contributed by atoms with van der Waals surface area (Å²) in [5, 5.41) is 7.06. The maximum atomic E-state index is 15.0. The van der Waals surface area contributed by atoms with E-state index in [1.54, 1.807) is 13.8 Å². The van der Waals surface area contributed by atoms with Crippen molar-refractivity contribution in [2.75, 3.05) is 11.4 Å². The molecule has 0 amide bonds. The molecule has 0 radical (unpaired) electrons. The predicted molar refractivity (Wildman–Crippen MR) is 119 cm³/mol. The number of aromatic nitrogens is 4. The summed E-state index contributed by atoms with van der Waals surface area (Å²) in [4.78, 5) is 4.99. The molecule has 0 aliphatic heterocycles. The standard InChI is InChI=1S/C24H19F6N5/c1-13(25)24(2,3)7-6-14-8-15(26)10-16(9-14)34(11-19(28)29)22-20-18(5-4-17(27)21(20)30)35-12-31-33-23(35)32-22/h4-5,8-10,12-13,19H,11H2,1-3H3. The van der Waals surface area contributed by atoms with Crippen molar-refractivity contribution in [1.29, 1.82) is 0 Å². The highest BCUT2D eigenvalue weighted by Crippen LogP contribution is 2.35. The molecule has 0 saturated heterocycles. The molecule has 0 aliphatic carbocycles. The van der Waals surface area contributed by atoms with Crippen LogP contribution < -0.4 is 4.90 Å². The summed E-state index contributed by atoms with van der Waals surface area (Å²) in [5.74, 6) is 1.54. The molecular weight excluding hydrogens is 472 g/mol. The molecule has 0 bridgehead atoms. The van der Waals surface area contributed by atoms with Gasteiger partial charge in [-0.25, -0.2) is 26.3 Å². The molecule has 1 unspecified atom stereocenters. The van der Waals surface area contributed by atoms with Crippen LogP contribution in [0.1, 0.15) is 26.3 Å². The number of halogens is 6. The molecule has 2 heterocycles. The molecule has 0 N–H and O–H groups in total. The van der Waals surface area contributed by atoms with Crippen LogP contribution in [0.25, 0.3) is 16.7 Å². The third-order valence-corrected chi connectivity index (χ3v) is 5.59. The first-order chi connectivity index (χ1) is 16.5. The summed E-state index contributed by atoms with van der Waals surface area (Å²) < 4.78 is 86.1. The number of hydrogen-bond donors (Lipinski definition) is 0. The van der Waals surface area contributed by atoms with Crippen molar-refractivity contribution in [3.8, 4) is 11.8 Å². The summed E-state index contributed by atoms with van der Waals surface area (Å²) in [6.45, 7) is 3.44. The van der Waals surface area contributed by atoms with Crippen molar-refractivity contribution in [3.63, 3.8) is 0 Å². The molecule has 2 aromatic heterocycles. The number of anilines is 2. The van der Waals surface area contributed by atoms with E-state index in [4.69, 9.17) is 0 Å². The molecule has 2 aromatic carbocycles. The lowest BCUT2D eigenvalue weighted by Crippen LogP contribution is -2.26. The first kappa shape index (κ1) is 24.3. The van der Waals surface area contributed by atoms with E-state index < -0.39 is 53.2 Å². The fraction of sp³-hybridized carbons (Fsp3) is 0.292. The van der Waals surface area contributed by atoms with Gasteiger partial charge in [0.15, 0.2) is 11.6 Å². The maximum absolute atomic E-state index is 15.0. The Kier molecular flexibility index (Phi) is 6.32. The van der Waals surface area contributed by atoms with E-state index in [2.05, 4.69) is 27.0 Å². The van der Waals surface area contributed by atoms with Crippen LogP contribution in [0, 0.1) is 34.7 Å². The van der Waals surface area contributed by atoms with E-state index in [-0.39, 0.29) is 22.5 Å². The van der Waals surface area contributed by atoms with Gasteiger partial charge < -0.3 is 4.90 Å². The van der Waals surface area contributed by atoms with E-state index in [9.17, 15) is 26.3 Å². The topological polar surface area (TPSA) is 46.3 Å². The van der Waals surface area contributed by atoms with Crippen LogP contribution in [0.2, 0.25) is 0 Å². The van der Waals surface area contributed by atoms with Gasteiger partial charge in [0.25, 0.3) is 12.2 Å². The minimum atomic E-state index is -2.96. The average molecular weight is 491 g/mol. The van der Waals surface area contributed by atoms with Crippen LogP contribution in [0.5, 0.6) is 0 Å². The zero-order chi connectivity index (χ0) is 25.5. The Bertz CT molecular complexity index is 1470. The Labute approximate surface area is 196 Å². The normalized spacial score (nSPS) is 12.7. The smallest absolute Gasteiger partial charge is 0.257 e. The van der Waals surface area contributed by atoms with Gasteiger partial charge in [-0.2, -0.15) is 4.98 Å². The average Bonchev–Trinajstić information content (AvgIpc) is 3.26. The lowest BCUT2D eigenvalue weighted by molar-refractivity contribution is 0.158. The monoisotopic (exact) mass is 491 g/mol. The first-order valence-electron chi connectivity index (χ1n) is 10.5. The molecule has 5 nitrogen and oxygen atoms in total. The molecule has 11 heteroatoms. The highest BCUT2D eigenvalue weighted by Gasteiger charge is 2.26. The van der Waals surface area contributed by atoms with Crippen LogP contribution in [-0.2, 0) is 0 Å². The molecule has 0 aliphatic rings. The van der Waals surface area contributed by atoms with Gasteiger partial charge in [0.05, 0.1) is 22.9 Å². The van der Waals surface area contributed by atoms with E-state index in [0.717, 1.165) is 23.1 Å². The molecule has 1 atom stereocenters. The third kappa shape index (κ3) is 4.73. The van der Waals surface area contributed by atoms with Crippen LogP contribution in [-0.4, -0.2) is 38.7 Å². The van der Waals surface area contributed by atoms with E-state index >= 15 is 0 Å². The molecule has 0 spiro atoms. The van der Waals surface area contributed by atoms with Gasteiger partial charge in [-0.15, -0.1) is 10.2 Å². The highest BCUT2D eigenvalue weighted by molar-refractivity contribution is 5.94. The van der Waals surface area contributed by atoms with Crippen LogP contribution in [0.15, 0.2) is 36.7 Å². The summed E-state index contributed by atoms with van der Waals surface area (Å²) >= 11 is 0. The van der Waals surface area contributed by atoms with Gasteiger partial charge in [-0.3, -0.25) is 4.40 Å². The summed E-state index contributed by atoms with van der Waals surface area (Å²) in [6, 6.07) is 5.40.